The Morgan fingerprint density at radius 2 is 1.89 bits per heavy atom. The van der Waals surface area contributed by atoms with E-state index < -0.39 is 12.6 Å². The van der Waals surface area contributed by atoms with Crippen molar-refractivity contribution < 1.29 is 13.2 Å². The van der Waals surface area contributed by atoms with Gasteiger partial charge in [0.25, 0.3) is 0 Å². The van der Waals surface area contributed by atoms with Gasteiger partial charge in [-0.05, 0) is 51.7 Å². The molecule has 0 bridgehead atoms. The smallest absolute Gasteiger partial charge is 0.314 e. The average molecular weight is 266 g/mol. The molecule has 1 saturated heterocycles. The first kappa shape index (κ1) is 15.8. The Morgan fingerprint density at radius 3 is 2.39 bits per heavy atom. The maximum atomic E-state index is 12.0. The Labute approximate surface area is 108 Å². The first-order chi connectivity index (χ1) is 8.42. The van der Waals surface area contributed by atoms with Gasteiger partial charge in [-0.2, -0.15) is 13.2 Å². The number of hydrogen-bond donors (Lipinski definition) is 1. The van der Waals surface area contributed by atoms with E-state index in [-0.39, 0.29) is 12.6 Å². The number of likely N-dealkylation sites (tertiary alicyclic amines) is 1. The lowest BCUT2D eigenvalue weighted by Crippen LogP contribution is -2.42. The van der Waals surface area contributed by atoms with Crippen molar-refractivity contribution in [2.75, 3.05) is 26.2 Å². The Hall–Kier alpha value is -0.290. The summed E-state index contributed by atoms with van der Waals surface area (Å²) in [5, 5.41) is 3.02. The molecule has 0 saturated carbocycles. The summed E-state index contributed by atoms with van der Waals surface area (Å²) >= 11 is 0. The minimum Gasteiger partial charge on any atom is -0.314 e. The van der Waals surface area contributed by atoms with Gasteiger partial charge in [-0.25, -0.2) is 0 Å². The number of nitrogens with one attached hydrogen (secondary N) is 1. The molecule has 1 heterocycles. The van der Waals surface area contributed by atoms with Crippen molar-refractivity contribution in [3.63, 3.8) is 0 Å². The normalized spacial score (nSPS) is 21.2. The molecular formula is C13H25F3N2. The van der Waals surface area contributed by atoms with Gasteiger partial charge < -0.3 is 10.2 Å². The van der Waals surface area contributed by atoms with Gasteiger partial charge in [0.1, 0.15) is 0 Å². The van der Waals surface area contributed by atoms with Gasteiger partial charge in [-0.3, -0.25) is 0 Å². The highest BCUT2D eigenvalue weighted by atomic mass is 19.4. The second kappa shape index (κ2) is 7.34. The number of rotatable bonds is 6. The SMILES string of the molecule is CCCN1CCC(C(C)NCCC(F)(F)F)CC1. The van der Waals surface area contributed by atoms with E-state index in [4.69, 9.17) is 0 Å². The fourth-order valence-corrected chi connectivity index (χ4v) is 2.60. The molecule has 0 aromatic carbocycles. The van der Waals surface area contributed by atoms with E-state index in [1.165, 1.54) is 6.42 Å². The minimum atomic E-state index is -4.04. The first-order valence-corrected chi connectivity index (χ1v) is 6.95. The van der Waals surface area contributed by atoms with Crippen molar-refractivity contribution in [3.05, 3.63) is 0 Å². The van der Waals surface area contributed by atoms with Crippen LogP contribution in [0.15, 0.2) is 0 Å². The molecule has 1 rings (SSSR count). The van der Waals surface area contributed by atoms with Crippen LogP contribution in [0.4, 0.5) is 13.2 Å². The summed E-state index contributed by atoms with van der Waals surface area (Å²) in [5.41, 5.74) is 0. The van der Waals surface area contributed by atoms with Crippen LogP contribution in [0.3, 0.4) is 0 Å². The average Bonchev–Trinajstić information content (AvgIpc) is 2.28. The van der Waals surface area contributed by atoms with Gasteiger partial charge in [0.2, 0.25) is 0 Å². The molecule has 0 radical (unpaired) electrons. The van der Waals surface area contributed by atoms with Crippen molar-refractivity contribution in [1.82, 2.24) is 10.2 Å². The second-order valence-corrected chi connectivity index (χ2v) is 5.29. The molecule has 1 aliphatic heterocycles. The molecule has 18 heavy (non-hydrogen) atoms. The molecule has 0 aromatic heterocycles. The number of halogens is 3. The van der Waals surface area contributed by atoms with E-state index in [0.717, 1.165) is 32.5 Å². The maximum Gasteiger partial charge on any atom is 0.390 e. The number of alkyl halides is 3. The van der Waals surface area contributed by atoms with Crippen molar-refractivity contribution in [1.29, 1.82) is 0 Å². The molecule has 1 atom stereocenters. The molecule has 1 N–H and O–H groups in total. The Kier molecular flexibility index (Phi) is 6.43. The van der Waals surface area contributed by atoms with Crippen LogP contribution in [0.25, 0.3) is 0 Å². The summed E-state index contributed by atoms with van der Waals surface area (Å²) < 4.78 is 36.1. The highest BCUT2D eigenvalue weighted by Crippen LogP contribution is 2.22. The number of nitrogens with zero attached hydrogens (tertiary/aromatic N) is 1. The topological polar surface area (TPSA) is 15.3 Å². The lowest BCUT2D eigenvalue weighted by atomic mass is 9.90. The monoisotopic (exact) mass is 266 g/mol. The van der Waals surface area contributed by atoms with E-state index in [1.807, 2.05) is 6.92 Å². The molecule has 5 heteroatoms. The number of piperidine rings is 1. The molecule has 0 spiro atoms. The summed E-state index contributed by atoms with van der Waals surface area (Å²) in [6.07, 6.45) is -1.41. The van der Waals surface area contributed by atoms with Crippen molar-refractivity contribution in [2.45, 2.75) is 51.7 Å². The second-order valence-electron chi connectivity index (χ2n) is 5.29. The van der Waals surface area contributed by atoms with Crippen LogP contribution in [-0.4, -0.2) is 43.3 Å². The Bertz CT molecular complexity index is 223. The standard InChI is InChI=1S/C13H25F3N2/c1-3-8-18-9-4-12(5-10-18)11(2)17-7-6-13(14,15)16/h11-12,17H,3-10H2,1-2H3. The van der Waals surface area contributed by atoms with Crippen LogP contribution in [-0.2, 0) is 0 Å². The molecule has 0 amide bonds. The molecule has 1 aliphatic rings. The van der Waals surface area contributed by atoms with Crippen molar-refractivity contribution in [3.8, 4) is 0 Å². The highest BCUT2D eigenvalue weighted by Gasteiger charge is 2.28. The van der Waals surface area contributed by atoms with Crippen LogP contribution < -0.4 is 5.32 Å². The van der Waals surface area contributed by atoms with Gasteiger partial charge in [-0.1, -0.05) is 6.92 Å². The Morgan fingerprint density at radius 1 is 1.28 bits per heavy atom. The zero-order valence-electron chi connectivity index (χ0n) is 11.4. The molecule has 1 unspecified atom stereocenters. The van der Waals surface area contributed by atoms with E-state index in [1.54, 1.807) is 0 Å². The summed E-state index contributed by atoms with van der Waals surface area (Å²) in [7, 11) is 0. The molecule has 0 aliphatic carbocycles. The van der Waals surface area contributed by atoms with Crippen molar-refractivity contribution >= 4 is 0 Å². The van der Waals surface area contributed by atoms with Gasteiger partial charge >= 0.3 is 6.18 Å². The van der Waals surface area contributed by atoms with Crippen LogP contribution >= 0.6 is 0 Å². The molecule has 1 fully saturated rings. The third-order valence-corrected chi connectivity index (χ3v) is 3.75. The summed E-state index contributed by atoms with van der Waals surface area (Å²) in [6, 6.07) is 0.191. The molecule has 0 aromatic rings. The zero-order chi connectivity index (χ0) is 13.6. The van der Waals surface area contributed by atoms with Crippen LogP contribution in [0, 0.1) is 5.92 Å². The third kappa shape index (κ3) is 6.05. The highest BCUT2D eigenvalue weighted by molar-refractivity contribution is 4.79. The van der Waals surface area contributed by atoms with Gasteiger partial charge in [-0.15, -0.1) is 0 Å². The van der Waals surface area contributed by atoms with Crippen LogP contribution in [0.5, 0.6) is 0 Å². The predicted molar refractivity (Wildman–Crippen MR) is 67.6 cm³/mol. The number of hydrogen-bond acceptors (Lipinski definition) is 2. The van der Waals surface area contributed by atoms with Gasteiger partial charge in [0, 0.05) is 12.6 Å². The lowest BCUT2D eigenvalue weighted by Gasteiger charge is -2.35. The van der Waals surface area contributed by atoms with E-state index in [0.29, 0.717) is 5.92 Å². The van der Waals surface area contributed by atoms with E-state index in [9.17, 15) is 13.2 Å². The maximum absolute atomic E-state index is 12.0. The fourth-order valence-electron chi connectivity index (χ4n) is 2.60. The molecule has 108 valence electrons. The lowest BCUT2D eigenvalue weighted by molar-refractivity contribution is -0.133. The largest absolute Gasteiger partial charge is 0.390 e. The zero-order valence-corrected chi connectivity index (χ0v) is 11.4. The Balaban J connectivity index is 2.17. The van der Waals surface area contributed by atoms with E-state index >= 15 is 0 Å². The summed E-state index contributed by atoms with van der Waals surface area (Å²) in [6.45, 7) is 7.54. The van der Waals surface area contributed by atoms with Gasteiger partial charge in [0.15, 0.2) is 0 Å². The van der Waals surface area contributed by atoms with Crippen molar-refractivity contribution in [2.24, 2.45) is 5.92 Å². The summed E-state index contributed by atoms with van der Waals surface area (Å²) in [5.74, 6) is 0.520. The van der Waals surface area contributed by atoms with Crippen LogP contribution in [0.2, 0.25) is 0 Å². The molecule has 2 nitrogen and oxygen atoms in total. The summed E-state index contributed by atoms with van der Waals surface area (Å²) in [4.78, 5) is 2.44. The fraction of sp³-hybridized carbons (Fsp3) is 1.00. The minimum absolute atomic E-state index is 0.0415. The van der Waals surface area contributed by atoms with E-state index in [2.05, 4.69) is 17.1 Å². The third-order valence-electron chi connectivity index (χ3n) is 3.75. The first-order valence-electron chi connectivity index (χ1n) is 6.95. The van der Waals surface area contributed by atoms with Crippen LogP contribution in [0.1, 0.15) is 39.5 Å². The van der Waals surface area contributed by atoms with Gasteiger partial charge in [0.05, 0.1) is 6.42 Å². The molecular weight excluding hydrogens is 241 g/mol. The quantitative estimate of drug-likeness (QED) is 0.795. The predicted octanol–water partition coefficient (Wildman–Crippen LogP) is 3.04.